The maximum Gasteiger partial charge on any atom is 0.224 e. The van der Waals surface area contributed by atoms with Crippen LogP contribution < -0.4 is 5.32 Å². The molecule has 0 unspecified atom stereocenters. The van der Waals surface area contributed by atoms with Crippen molar-refractivity contribution in [3.8, 4) is 0 Å². The molecule has 0 bridgehead atoms. The van der Waals surface area contributed by atoms with Crippen LogP contribution in [0.3, 0.4) is 0 Å². The molecule has 6 heteroatoms. The Labute approximate surface area is 134 Å². The van der Waals surface area contributed by atoms with Gasteiger partial charge in [0.1, 0.15) is 6.73 Å². The van der Waals surface area contributed by atoms with Crippen molar-refractivity contribution in [2.24, 2.45) is 0 Å². The molecule has 23 heavy (non-hydrogen) atoms. The van der Waals surface area contributed by atoms with E-state index in [9.17, 15) is 4.79 Å². The zero-order valence-electron chi connectivity index (χ0n) is 13.1. The van der Waals surface area contributed by atoms with E-state index < -0.39 is 0 Å². The highest BCUT2D eigenvalue weighted by Crippen LogP contribution is 2.19. The number of fused-ring (bicyclic) bond motifs is 1. The van der Waals surface area contributed by atoms with Crippen LogP contribution in [0.25, 0.3) is 10.9 Å². The Kier molecular flexibility index (Phi) is 4.73. The second kappa shape index (κ2) is 7.11. The summed E-state index contributed by atoms with van der Waals surface area (Å²) in [4.78, 5) is 15.3. The number of aromatic nitrogens is 3. The molecule has 120 valence electrons. The highest BCUT2D eigenvalue weighted by atomic mass is 16.5. The summed E-state index contributed by atoms with van der Waals surface area (Å²) in [6.45, 7) is 2.95. The third kappa shape index (κ3) is 3.78. The Balaban J connectivity index is 1.54. The van der Waals surface area contributed by atoms with Crippen molar-refractivity contribution >= 4 is 22.5 Å². The van der Waals surface area contributed by atoms with E-state index in [1.165, 1.54) is 5.39 Å². The summed E-state index contributed by atoms with van der Waals surface area (Å²) in [6, 6.07) is 8.10. The third-order valence-electron chi connectivity index (χ3n) is 3.64. The highest BCUT2D eigenvalue weighted by Gasteiger charge is 2.08. The van der Waals surface area contributed by atoms with E-state index >= 15 is 0 Å². The zero-order valence-corrected chi connectivity index (χ0v) is 13.1. The van der Waals surface area contributed by atoms with E-state index in [4.69, 9.17) is 4.74 Å². The van der Waals surface area contributed by atoms with Crippen molar-refractivity contribution in [3.63, 3.8) is 0 Å². The van der Waals surface area contributed by atoms with E-state index in [2.05, 4.69) is 21.5 Å². The second-order valence-electron chi connectivity index (χ2n) is 5.30. The summed E-state index contributed by atoms with van der Waals surface area (Å²) in [7, 11) is 0. The number of hydrogen-bond acceptors (Lipinski definition) is 3. The number of rotatable bonds is 7. The SMILES string of the molecule is CCOCn1cc(NC(=O)CCc2c[nH]c3ccccc23)cn1. The monoisotopic (exact) mass is 312 g/mol. The third-order valence-corrected chi connectivity index (χ3v) is 3.64. The first-order valence-corrected chi connectivity index (χ1v) is 7.71. The minimum absolute atomic E-state index is 0.0220. The quantitative estimate of drug-likeness (QED) is 0.704. The highest BCUT2D eigenvalue weighted by molar-refractivity contribution is 5.91. The van der Waals surface area contributed by atoms with Crippen LogP contribution in [-0.2, 0) is 22.7 Å². The number of nitrogens with one attached hydrogen (secondary N) is 2. The smallest absolute Gasteiger partial charge is 0.224 e. The zero-order chi connectivity index (χ0) is 16.1. The van der Waals surface area contributed by atoms with Gasteiger partial charge in [-0.2, -0.15) is 5.10 Å². The number of hydrogen-bond donors (Lipinski definition) is 2. The Hall–Kier alpha value is -2.60. The lowest BCUT2D eigenvalue weighted by molar-refractivity contribution is -0.116. The standard InChI is InChI=1S/C17H20N4O2/c1-2-23-12-21-11-14(10-19-21)20-17(22)8-7-13-9-18-16-6-4-3-5-15(13)16/h3-6,9-11,18H,2,7-8,12H2,1H3,(H,20,22). The van der Waals surface area contributed by atoms with Crippen molar-refractivity contribution in [3.05, 3.63) is 48.4 Å². The first kappa shape index (κ1) is 15.3. The molecule has 6 nitrogen and oxygen atoms in total. The molecule has 0 saturated carbocycles. The number of benzene rings is 1. The fraction of sp³-hybridized carbons (Fsp3) is 0.294. The van der Waals surface area contributed by atoms with E-state index in [0.29, 0.717) is 31.9 Å². The van der Waals surface area contributed by atoms with Gasteiger partial charge in [0, 0.05) is 30.1 Å². The normalized spacial score (nSPS) is 11.0. The molecule has 2 aromatic heterocycles. The summed E-state index contributed by atoms with van der Waals surface area (Å²) < 4.78 is 6.91. The molecule has 0 aliphatic rings. The second-order valence-corrected chi connectivity index (χ2v) is 5.30. The van der Waals surface area contributed by atoms with Crippen molar-refractivity contribution < 1.29 is 9.53 Å². The fourth-order valence-corrected chi connectivity index (χ4v) is 2.49. The van der Waals surface area contributed by atoms with Crippen LogP contribution in [0.4, 0.5) is 5.69 Å². The number of anilines is 1. The van der Waals surface area contributed by atoms with Gasteiger partial charge >= 0.3 is 0 Å². The minimum atomic E-state index is -0.0220. The first-order valence-electron chi connectivity index (χ1n) is 7.71. The summed E-state index contributed by atoms with van der Waals surface area (Å²) in [6.07, 6.45) is 6.49. The molecule has 0 aliphatic carbocycles. The number of carbonyl (C=O) groups is 1. The van der Waals surface area contributed by atoms with Gasteiger partial charge in [0.25, 0.3) is 0 Å². The molecule has 0 radical (unpaired) electrons. The van der Waals surface area contributed by atoms with Gasteiger partial charge in [0.2, 0.25) is 5.91 Å². The van der Waals surface area contributed by atoms with Crippen molar-refractivity contribution in [1.82, 2.24) is 14.8 Å². The molecule has 0 saturated heterocycles. The summed E-state index contributed by atoms with van der Waals surface area (Å²) >= 11 is 0. The van der Waals surface area contributed by atoms with Crippen LogP contribution in [-0.4, -0.2) is 27.3 Å². The van der Waals surface area contributed by atoms with Crippen LogP contribution in [0, 0.1) is 0 Å². The topological polar surface area (TPSA) is 71.9 Å². The molecule has 0 spiro atoms. The number of ether oxygens (including phenoxy) is 1. The van der Waals surface area contributed by atoms with Crippen molar-refractivity contribution in [2.75, 3.05) is 11.9 Å². The predicted molar refractivity (Wildman–Crippen MR) is 89.1 cm³/mol. The maximum atomic E-state index is 12.1. The van der Waals surface area contributed by atoms with Crippen LogP contribution in [0.2, 0.25) is 0 Å². The molecular formula is C17H20N4O2. The fourth-order valence-electron chi connectivity index (χ4n) is 2.49. The first-order chi connectivity index (χ1) is 11.3. The number of amides is 1. The van der Waals surface area contributed by atoms with Crippen LogP contribution in [0.1, 0.15) is 18.9 Å². The van der Waals surface area contributed by atoms with E-state index in [0.717, 1.165) is 11.1 Å². The Morgan fingerprint density at radius 2 is 2.26 bits per heavy atom. The van der Waals surface area contributed by atoms with Gasteiger partial charge in [-0.25, -0.2) is 4.68 Å². The van der Waals surface area contributed by atoms with Gasteiger partial charge in [0.05, 0.1) is 18.1 Å². The van der Waals surface area contributed by atoms with Crippen molar-refractivity contribution in [1.29, 1.82) is 0 Å². The van der Waals surface area contributed by atoms with E-state index in [1.54, 1.807) is 17.1 Å². The number of aryl methyl sites for hydroxylation is 1. The molecule has 1 amide bonds. The maximum absolute atomic E-state index is 12.1. The molecule has 2 heterocycles. The molecule has 2 N–H and O–H groups in total. The van der Waals surface area contributed by atoms with Crippen LogP contribution in [0.5, 0.6) is 0 Å². The average Bonchev–Trinajstić information content (AvgIpc) is 3.18. The largest absolute Gasteiger partial charge is 0.361 e. The summed E-state index contributed by atoms with van der Waals surface area (Å²) in [5, 5.41) is 8.16. The molecular weight excluding hydrogens is 292 g/mol. The minimum Gasteiger partial charge on any atom is -0.361 e. The molecule has 1 aromatic carbocycles. The number of para-hydroxylation sites is 1. The van der Waals surface area contributed by atoms with Crippen LogP contribution >= 0.6 is 0 Å². The van der Waals surface area contributed by atoms with E-state index in [1.807, 2.05) is 31.3 Å². The molecule has 3 rings (SSSR count). The molecule has 0 fully saturated rings. The van der Waals surface area contributed by atoms with Gasteiger partial charge in [-0.3, -0.25) is 4.79 Å². The predicted octanol–water partition coefficient (Wildman–Crippen LogP) is 2.93. The molecule has 3 aromatic rings. The van der Waals surface area contributed by atoms with Gasteiger partial charge in [-0.1, -0.05) is 18.2 Å². The van der Waals surface area contributed by atoms with E-state index in [-0.39, 0.29) is 5.91 Å². The average molecular weight is 312 g/mol. The lowest BCUT2D eigenvalue weighted by atomic mass is 10.1. The number of H-pyrrole nitrogens is 1. The van der Waals surface area contributed by atoms with Crippen LogP contribution in [0.15, 0.2) is 42.9 Å². The van der Waals surface area contributed by atoms with Gasteiger partial charge in [0.15, 0.2) is 0 Å². The van der Waals surface area contributed by atoms with Gasteiger partial charge in [-0.05, 0) is 25.0 Å². The molecule has 0 aliphatic heterocycles. The lowest BCUT2D eigenvalue weighted by Crippen LogP contribution is -2.11. The number of nitrogens with zero attached hydrogens (tertiary/aromatic N) is 2. The molecule has 0 atom stereocenters. The Morgan fingerprint density at radius 3 is 3.13 bits per heavy atom. The number of carbonyl (C=O) groups excluding carboxylic acids is 1. The number of aromatic amines is 1. The Morgan fingerprint density at radius 1 is 1.39 bits per heavy atom. The van der Waals surface area contributed by atoms with Gasteiger partial charge < -0.3 is 15.0 Å². The van der Waals surface area contributed by atoms with Crippen molar-refractivity contribution in [2.45, 2.75) is 26.5 Å². The lowest BCUT2D eigenvalue weighted by Gasteiger charge is -2.02. The summed E-state index contributed by atoms with van der Waals surface area (Å²) in [5.74, 6) is -0.0220. The Bertz CT molecular complexity index is 791. The van der Waals surface area contributed by atoms with Gasteiger partial charge in [-0.15, -0.1) is 0 Å². The summed E-state index contributed by atoms with van der Waals surface area (Å²) in [5.41, 5.74) is 2.94.